The molecule has 2 rings (SSSR count). The van der Waals surface area contributed by atoms with E-state index >= 15 is 0 Å². The fraction of sp³-hybridized carbons (Fsp3) is 0.294. The van der Waals surface area contributed by atoms with E-state index in [4.69, 9.17) is 14.2 Å². The molecule has 0 saturated heterocycles. The first-order chi connectivity index (χ1) is 11.0. The van der Waals surface area contributed by atoms with Crippen LogP contribution < -0.4 is 9.47 Å². The second kappa shape index (κ2) is 6.56. The maximum Gasteiger partial charge on any atom is 0.272 e. The second-order valence-electron chi connectivity index (χ2n) is 5.12. The summed E-state index contributed by atoms with van der Waals surface area (Å²) in [7, 11) is 4.53. The smallest absolute Gasteiger partial charge is 0.272 e. The van der Waals surface area contributed by atoms with Gasteiger partial charge in [-0.15, -0.1) is 0 Å². The molecule has 23 heavy (non-hydrogen) atoms. The zero-order chi connectivity index (χ0) is 17.0. The SMILES string of the molecule is C=C(c1cc(OC)cc(OC)c1)C1([N+](=O)[O-])C=C(OC)C=CC1. The van der Waals surface area contributed by atoms with Crippen LogP contribution in [0.4, 0.5) is 0 Å². The van der Waals surface area contributed by atoms with Crippen molar-refractivity contribution in [3.63, 3.8) is 0 Å². The first-order valence-corrected chi connectivity index (χ1v) is 6.97. The molecule has 0 aliphatic heterocycles. The Kier molecular flexibility index (Phi) is 4.74. The minimum absolute atomic E-state index is 0.200. The predicted molar refractivity (Wildman–Crippen MR) is 87.2 cm³/mol. The molecule has 0 heterocycles. The molecule has 0 amide bonds. The number of methoxy groups -OCH3 is 3. The molecule has 0 bridgehead atoms. The van der Waals surface area contributed by atoms with E-state index in [0.717, 1.165) is 0 Å². The molecule has 1 aromatic rings. The van der Waals surface area contributed by atoms with Crippen molar-refractivity contribution in [2.45, 2.75) is 12.0 Å². The van der Waals surface area contributed by atoms with E-state index in [1.807, 2.05) is 0 Å². The topological polar surface area (TPSA) is 70.8 Å². The van der Waals surface area contributed by atoms with E-state index in [0.29, 0.717) is 28.4 Å². The number of ether oxygens (including phenoxy) is 3. The van der Waals surface area contributed by atoms with Gasteiger partial charge < -0.3 is 14.2 Å². The summed E-state index contributed by atoms with van der Waals surface area (Å²) in [5.41, 5.74) is -0.532. The van der Waals surface area contributed by atoms with Crippen molar-refractivity contribution in [1.82, 2.24) is 0 Å². The summed E-state index contributed by atoms with van der Waals surface area (Å²) < 4.78 is 15.6. The molecule has 0 fully saturated rings. The van der Waals surface area contributed by atoms with Crippen molar-refractivity contribution in [2.24, 2.45) is 0 Å². The third-order valence-electron chi connectivity index (χ3n) is 3.88. The van der Waals surface area contributed by atoms with Crippen LogP contribution >= 0.6 is 0 Å². The highest BCUT2D eigenvalue weighted by Crippen LogP contribution is 2.39. The summed E-state index contributed by atoms with van der Waals surface area (Å²) in [6, 6.07) is 5.11. The van der Waals surface area contributed by atoms with Gasteiger partial charge in [-0.1, -0.05) is 12.7 Å². The van der Waals surface area contributed by atoms with Crippen LogP contribution in [0.3, 0.4) is 0 Å². The maximum absolute atomic E-state index is 11.8. The Labute approximate surface area is 134 Å². The monoisotopic (exact) mass is 317 g/mol. The van der Waals surface area contributed by atoms with Gasteiger partial charge in [-0.25, -0.2) is 0 Å². The molecule has 1 unspecified atom stereocenters. The highest BCUT2D eigenvalue weighted by Gasteiger charge is 2.45. The first-order valence-electron chi connectivity index (χ1n) is 6.97. The van der Waals surface area contributed by atoms with Gasteiger partial charge in [-0.05, 0) is 23.8 Å². The average molecular weight is 317 g/mol. The third kappa shape index (κ3) is 3.06. The second-order valence-corrected chi connectivity index (χ2v) is 5.12. The van der Waals surface area contributed by atoms with Gasteiger partial charge in [0.2, 0.25) is 0 Å². The third-order valence-corrected chi connectivity index (χ3v) is 3.88. The van der Waals surface area contributed by atoms with Crippen molar-refractivity contribution >= 4 is 5.57 Å². The molecule has 0 aromatic heterocycles. The lowest BCUT2D eigenvalue weighted by atomic mass is 9.81. The molecule has 0 saturated carbocycles. The van der Waals surface area contributed by atoms with E-state index in [2.05, 4.69) is 6.58 Å². The van der Waals surface area contributed by atoms with E-state index < -0.39 is 5.54 Å². The normalized spacial score (nSPS) is 19.7. The molecule has 6 heteroatoms. The first kappa shape index (κ1) is 16.6. The van der Waals surface area contributed by atoms with Crippen molar-refractivity contribution in [2.75, 3.05) is 21.3 Å². The Bertz CT molecular complexity index is 670. The molecule has 1 aromatic carbocycles. The number of rotatable bonds is 6. The van der Waals surface area contributed by atoms with Crippen LogP contribution in [-0.2, 0) is 4.74 Å². The quantitative estimate of drug-likeness (QED) is 0.595. The lowest BCUT2D eigenvalue weighted by molar-refractivity contribution is -0.536. The largest absolute Gasteiger partial charge is 0.497 e. The molecule has 1 aliphatic carbocycles. The van der Waals surface area contributed by atoms with Crippen LogP contribution in [0.5, 0.6) is 11.5 Å². The molecular formula is C17H19NO5. The van der Waals surface area contributed by atoms with Gasteiger partial charge >= 0.3 is 0 Å². The summed E-state index contributed by atoms with van der Waals surface area (Å²) in [6.07, 6.45) is 5.11. The number of benzene rings is 1. The van der Waals surface area contributed by atoms with Crippen LogP contribution in [0.15, 0.2) is 48.8 Å². The zero-order valence-electron chi connectivity index (χ0n) is 13.4. The molecule has 0 radical (unpaired) electrons. The van der Waals surface area contributed by atoms with Crippen LogP contribution in [0, 0.1) is 10.1 Å². The Morgan fingerprint density at radius 3 is 2.26 bits per heavy atom. The number of nitro groups is 1. The Balaban J connectivity index is 2.54. The predicted octanol–water partition coefficient (Wildman–Crippen LogP) is 3.22. The highest BCUT2D eigenvalue weighted by atomic mass is 16.6. The molecule has 1 atom stereocenters. The van der Waals surface area contributed by atoms with Gasteiger partial charge in [-0.3, -0.25) is 10.1 Å². The van der Waals surface area contributed by atoms with Crippen LogP contribution in [0.25, 0.3) is 5.57 Å². The summed E-state index contributed by atoms with van der Waals surface area (Å²) in [6.45, 7) is 3.97. The standard InChI is InChI=1S/C17H19NO5/c1-12(13-8-15(22-3)10-16(9-13)23-4)17(18(19)20)7-5-6-14(11-17)21-2/h5-6,8-11H,1,7H2,2-4H3. The Morgan fingerprint density at radius 1 is 1.17 bits per heavy atom. The fourth-order valence-corrected chi connectivity index (χ4v) is 2.50. The minimum atomic E-state index is -1.46. The lowest BCUT2D eigenvalue weighted by Gasteiger charge is -2.26. The van der Waals surface area contributed by atoms with E-state index in [1.54, 1.807) is 30.4 Å². The minimum Gasteiger partial charge on any atom is -0.497 e. The fourth-order valence-electron chi connectivity index (χ4n) is 2.50. The number of hydrogen-bond donors (Lipinski definition) is 0. The average Bonchev–Trinajstić information content (AvgIpc) is 2.60. The van der Waals surface area contributed by atoms with Crippen LogP contribution in [0.1, 0.15) is 12.0 Å². The van der Waals surface area contributed by atoms with Crippen molar-refractivity contribution in [1.29, 1.82) is 0 Å². The molecule has 0 spiro atoms. The zero-order valence-corrected chi connectivity index (χ0v) is 13.4. The molecule has 6 nitrogen and oxygen atoms in total. The van der Waals surface area contributed by atoms with Gasteiger partial charge in [0.1, 0.15) is 17.3 Å². The number of hydrogen-bond acceptors (Lipinski definition) is 5. The Morgan fingerprint density at radius 2 is 1.78 bits per heavy atom. The molecule has 122 valence electrons. The number of nitrogens with zero attached hydrogens (tertiary/aromatic N) is 1. The van der Waals surface area contributed by atoms with Crippen molar-refractivity contribution < 1.29 is 19.1 Å². The molecule has 0 N–H and O–H groups in total. The van der Waals surface area contributed by atoms with Crippen LogP contribution in [-0.4, -0.2) is 31.8 Å². The van der Waals surface area contributed by atoms with Gasteiger partial charge in [0, 0.05) is 29.1 Å². The molecular weight excluding hydrogens is 298 g/mol. The summed E-state index contributed by atoms with van der Waals surface area (Å²) in [5, 5.41) is 11.8. The van der Waals surface area contributed by atoms with Crippen molar-refractivity contribution in [3.05, 3.63) is 64.4 Å². The maximum atomic E-state index is 11.8. The molecule has 1 aliphatic rings. The van der Waals surface area contributed by atoms with Gasteiger partial charge in [-0.2, -0.15) is 0 Å². The van der Waals surface area contributed by atoms with Gasteiger partial charge in [0.15, 0.2) is 0 Å². The van der Waals surface area contributed by atoms with Gasteiger partial charge in [0.25, 0.3) is 5.54 Å². The summed E-state index contributed by atoms with van der Waals surface area (Å²) >= 11 is 0. The van der Waals surface area contributed by atoms with E-state index in [1.165, 1.54) is 27.4 Å². The lowest BCUT2D eigenvalue weighted by Crippen LogP contribution is -2.38. The van der Waals surface area contributed by atoms with E-state index in [-0.39, 0.29) is 11.3 Å². The summed E-state index contributed by atoms with van der Waals surface area (Å²) in [4.78, 5) is 11.5. The Hall–Kier alpha value is -2.76. The highest BCUT2D eigenvalue weighted by molar-refractivity contribution is 5.75. The summed E-state index contributed by atoms with van der Waals surface area (Å²) in [5.74, 6) is 1.52. The number of allylic oxidation sites excluding steroid dienone is 1. The van der Waals surface area contributed by atoms with Crippen LogP contribution in [0.2, 0.25) is 0 Å². The van der Waals surface area contributed by atoms with Crippen molar-refractivity contribution in [3.8, 4) is 11.5 Å². The van der Waals surface area contributed by atoms with Gasteiger partial charge in [0.05, 0.1) is 21.3 Å². The van der Waals surface area contributed by atoms with E-state index in [9.17, 15) is 10.1 Å².